The molecule has 0 saturated carbocycles. The van der Waals surface area contributed by atoms with Gasteiger partial charge in [0.25, 0.3) is 5.82 Å². The lowest BCUT2D eigenvalue weighted by Crippen LogP contribution is -2.24. The molecule has 0 aliphatic carbocycles. The van der Waals surface area contributed by atoms with Crippen molar-refractivity contribution in [2.75, 3.05) is 6.61 Å². The lowest BCUT2D eigenvalue weighted by molar-refractivity contribution is -0.00194. The molecule has 1 N–H and O–H groups in total. The summed E-state index contributed by atoms with van der Waals surface area (Å²) >= 11 is 0. The average molecular weight is 348 g/mol. The molecule has 0 spiro atoms. The Balaban J connectivity index is 1.69. The zero-order chi connectivity index (χ0) is 18.4. The normalized spacial score (nSPS) is 13.1. The van der Waals surface area contributed by atoms with Gasteiger partial charge in [0.05, 0.1) is 19.3 Å². The first-order valence-corrected chi connectivity index (χ1v) is 8.36. The summed E-state index contributed by atoms with van der Waals surface area (Å²) in [5.74, 6) is 0.0833. The van der Waals surface area contributed by atoms with Gasteiger partial charge in [-0.3, -0.25) is 0 Å². The summed E-state index contributed by atoms with van der Waals surface area (Å²) in [6.07, 6.45) is 0.396. The van der Waals surface area contributed by atoms with Crippen molar-refractivity contribution in [1.29, 1.82) is 5.26 Å². The van der Waals surface area contributed by atoms with E-state index in [9.17, 15) is 5.11 Å². The Hall–Kier alpha value is -3.01. The summed E-state index contributed by atoms with van der Waals surface area (Å²) in [6.45, 7) is 2.39. The Kier molecular flexibility index (Phi) is 5.74. The van der Waals surface area contributed by atoms with Crippen molar-refractivity contribution in [3.63, 3.8) is 0 Å². The standard InChI is InChI=1S/C20H20N4O2/c1-15-7-9-17(10-8-15)20(16-5-3-2-4-6-16)26-13-18(25)12-24-14-22-19(11-21)23-24/h2-10,14,18,20,25H,12-13H2,1H3. The minimum Gasteiger partial charge on any atom is -0.389 e. The minimum absolute atomic E-state index is 0.0833. The van der Waals surface area contributed by atoms with Gasteiger partial charge in [-0.25, -0.2) is 9.67 Å². The summed E-state index contributed by atoms with van der Waals surface area (Å²) in [4.78, 5) is 3.83. The third-order valence-corrected chi connectivity index (χ3v) is 3.97. The molecule has 0 aliphatic heterocycles. The SMILES string of the molecule is Cc1ccc(C(OCC(O)Cn2cnc(C#N)n2)c2ccccc2)cc1. The number of aliphatic hydroxyl groups is 1. The van der Waals surface area contributed by atoms with E-state index in [0.717, 1.165) is 11.1 Å². The third kappa shape index (κ3) is 4.54. The first-order valence-electron chi connectivity index (χ1n) is 8.36. The highest BCUT2D eigenvalue weighted by molar-refractivity contribution is 5.31. The van der Waals surface area contributed by atoms with Crippen molar-refractivity contribution in [3.05, 3.63) is 83.4 Å². The molecule has 2 unspecified atom stereocenters. The molecule has 0 aliphatic rings. The number of aromatic nitrogens is 3. The fraction of sp³-hybridized carbons (Fsp3) is 0.250. The topological polar surface area (TPSA) is 84.0 Å². The van der Waals surface area contributed by atoms with Crippen LogP contribution in [0.1, 0.15) is 28.6 Å². The predicted octanol–water partition coefficient (Wildman–Crippen LogP) is 2.63. The highest BCUT2D eigenvalue weighted by Crippen LogP contribution is 2.26. The second-order valence-corrected chi connectivity index (χ2v) is 6.09. The Morgan fingerprint density at radius 3 is 2.46 bits per heavy atom. The maximum Gasteiger partial charge on any atom is 0.252 e. The molecule has 0 amide bonds. The van der Waals surface area contributed by atoms with Crippen molar-refractivity contribution in [3.8, 4) is 6.07 Å². The van der Waals surface area contributed by atoms with Gasteiger partial charge in [0, 0.05) is 0 Å². The van der Waals surface area contributed by atoms with E-state index in [0.29, 0.717) is 0 Å². The summed E-state index contributed by atoms with van der Waals surface area (Å²) in [5.41, 5.74) is 3.23. The van der Waals surface area contributed by atoms with Crippen LogP contribution in [0.5, 0.6) is 0 Å². The maximum atomic E-state index is 10.3. The van der Waals surface area contributed by atoms with Gasteiger partial charge >= 0.3 is 0 Å². The molecule has 26 heavy (non-hydrogen) atoms. The van der Waals surface area contributed by atoms with E-state index in [4.69, 9.17) is 10.00 Å². The number of aliphatic hydroxyl groups excluding tert-OH is 1. The quantitative estimate of drug-likeness (QED) is 0.709. The predicted molar refractivity (Wildman–Crippen MR) is 96.2 cm³/mol. The molecule has 3 aromatic rings. The molecule has 0 saturated heterocycles. The molecule has 2 aromatic carbocycles. The van der Waals surface area contributed by atoms with Gasteiger partial charge in [0.1, 0.15) is 18.5 Å². The molecule has 3 rings (SSSR count). The number of hydrogen-bond acceptors (Lipinski definition) is 5. The zero-order valence-corrected chi connectivity index (χ0v) is 14.5. The Labute approximate surface area is 152 Å². The van der Waals surface area contributed by atoms with Crippen LogP contribution < -0.4 is 0 Å². The maximum absolute atomic E-state index is 10.3. The lowest BCUT2D eigenvalue weighted by Gasteiger charge is -2.21. The first kappa shape index (κ1) is 17.8. The van der Waals surface area contributed by atoms with Crippen LogP contribution in [0.4, 0.5) is 0 Å². The van der Waals surface area contributed by atoms with Crippen molar-refractivity contribution in [1.82, 2.24) is 14.8 Å². The van der Waals surface area contributed by atoms with E-state index in [1.54, 1.807) is 0 Å². The molecule has 6 heteroatoms. The van der Waals surface area contributed by atoms with Crippen LogP contribution in [0.2, 0.25) is 0 Å². The van der Waals surface area contributed by atoms with Crippen LogP contribution in [-0.4, -0.2) is 32.6 Å². The summed E-state index contributed by atoms with van der Waals surface area (Å²) in [7, 11) is 0. The molecule has 0 bridgehead atoms. The fourth-order valence-electron chi connectivity index (χ4n) is 2.66. The molecule has 0 radical (unpaired) electrons. The van der Waals surface area contributed by atoms with E-state index in [2.05, 4.69) is 10.1 Å². The average Bonchev–Trinajstić information content (AvgIpc) is 3.11. The van der Waals surface area contributed by atoms with Crippen molar-refractivity contribution >= 4 is 0 Å². The molecule has 6 nitrogen and oxygen atoms in total. The number of hydrogen-bond donors (Lipinski definition) is 1. The van der Waals surface area contributed by atoms with Gasteiger partial charge < -0.3 is 9.84 Å². The van der Waals surface area contributed by atoms with Gasteiger partial charge in [-0.05, 0) is 18.1 Å². The van der Waals surface area contributed by atoms with Crippen molar-refractivity contribution in [2.24, 2.45) is 0 Å². The van der Waals surface area contributed by atoms with E-state index < -0.39 is 6.10 Å². The molecule has 1 aromatic heterocycles. The lowest BCUT2D eigenvalue weighted by atomic mass is 10.0. The van der Waals surface area contributed by atoms with Gasteiger partial charge in [-0.1, -0.05) is 60.2 Å². The third-order valence-electron chi connectivity index (χ3n) is 3.97. The molecular formula is C20H20N4O2. The molecule has 1 heterocycles. The van der Waals surface area contributed by atoms with Gasteiger partial charge in [0.2, 0.25) is 0 Å². The van der Waals surface area contributed by atoms with E-state index in [1.165, 1.54) is 16.6 Å². The van der Waals surface area contributed by atoms with E-state index >= 15 is 0 Å². The summed E-state index contributed by atoms with van der Waals surface area (Å²) in [5, 5.41) is 23.0. The number of aryl methyl sites for hydroxylation is 1. The van der Waals surface area contributed by atoms with Crippen LogP contribution in [-0.2, 0) is 11.3 Å². The largest absolute Gasteiger partial charge is 0.389 e. The number of rotatable bonds is 7. The highest BCUT2D eigenvalue weighted by atomic mass is 16.5. The minimum atomic E-state index is -0.764. The second-order valence-electron chi connectivity index (χ2n) is 6.09. The number of benzene rings is 2. The highest BCUT2D eigenvalue weighted by Gasteiger charge is 2.17. The monoisotopic (exact) mass is 348 g/mol. The van der Waals surface area contributed by atoms with Crippen LogP contribution in [0.25, 0.3) is 0 Å². The summed E-state index contributed by atoms with van der Waals surface area (Å²) < 4.78 is 7.49. The summed E-state index contributed by atoms with van der Waals surface area (Å²) in [6, 6.07) is 19.9. The Bertz CT molecular complexity index is 869. The fourth-order valence-corrected chi connectivity index (χ4v) is 2.66. The van der Waals surface area contributed by atoms with Crippen molar-refractivity contribution in [2.45, 2.75) is 25.7 Å². The Morgan fingerprint density at radius 1 is 1.12 bits per heavy atom. The number of nitrogens with zero attached hydrogens (tertiary/aromatic N) is 4. The van der Waals surface area contributed by atoms with Gasteiger partial charge in [-0.15, -0.1) is 5.10 Å². The second kappa shape index (κ2) is 8.39. The molecule has 2 atom stereocenters. The molecule has 132 valence electrons. The van der Waals surface area contributed by atoms with Crippen LogP contribution in [0.3, 0.4) is 0 Å². The van der Waals surface area contributed by atoms with Crippen molar-refractivity contribution < 1.29 is 9.84 Å². The van der Waals surface area contributed by atoms with E-state index in [1.807, 2.05) is 67.6 Å². The van der Waals surface area contributed by atoms with Gasteiger partial charge in [0.15, 0.2) is 0 Å². The number of ether oxygens (including phenoxy) is 1. The van der Waals surface area contributed by atoms with Crippen LogP contribution in [0.15, 0.2) is 60.9 Å². The smallest absolute Gasteiger partial charge is 0.252 e. The van der Waals surface area contributed by atoms with Crippen LogP contribution in [0, 0.1) is 18.3 Å². The van der Waals surface area contributed by atoms with Gasteiger partial charge in [-0.2, -0.15) is 5.26 Å². The van der Waals surface area contributed by atoms with Crippen LogP contribution >= 0.6 is 0 Å². The zero-order valence-electron chi connectivity index (χ0n) is 14.5. The first-order chi connectivity index (χ1) is 12.7. The number of nitriles is 1. The Morgan fingerprint density at radius 2 is 1.81 bits per heavy atom. The molecule has 0 fully saturated rings. The molecular weight excluding hydrogens is 328 g/mol. The van der Waals surface area contributed by atoms with E-state index in [-0.39, 0.29) is 25.1 Å².